The fourth-order valence-electron chi connectivity index (χ4n) is 2.25. The highest BCUT2D eigenvalue weighted by molar-refractivity contribution is 5.77. The van der Waals surface area contributed by atoms with E-state index in [0.29, 0.717) is 11.7 Å². The van der Waals surface area contributed by atoms with Gasteiger partial charge in [0, 0.05) is 5.56 Å². The van der Waals surface area contributed by atoms with E-state index in [1.807, 2.05) is 67.6 Å². The minimum absolute atomic E-state index is 0.0306. The first kappa shape index (κ1) is 15.0. The van der Waals surface area contributed by atoms with Crippen LogP contribution in [0.5, 0.6) is 0 Å². The monoisotopic (exact) mass is 307 g/mol. The summed E-state index contributed by atoms with van der Waals surface area (Å²) in [6.07, 6.45) is 1.64. The van der Waals surface area contributed by atoms with Crippen molar-refractivity contribution in [2.24, 2.45) is 0 Å². The molecule has 0 radical (unpaired) electrons. The molecule has 1 heterocycles. The average molecular weight is 307 g/mol. The molecule has 0 N–H and O–H groups in total. The Kier molecular flexibility index (Phi) is 4.52. The molecule has 0 aliphatic rings. The molecule has 2 aromatic carbocycles. The highest BCUT2D eigenvalue weighted by atomic mass is 16.5. The normalized spacial score (nSPS) is 11.9. The fraction of sp³-hybridized carbons (Fsp3) is 0.158. The maximum atomic E-state index is 12.1. The van der Waals surface area contributed by atoms with E-state index in [0.717, 1.165) is 11.1 Å². The summed E-state index contributed by atoms with van der Waals surface area (Å²) in [6, 6.07) is 19.2. The van der Waals surface area contributed by atoms with Crippen LogP contribution in [0.4, 0.5) is 0 Å². The van der Waals surface area contributed by atoms with E-state index in [-0.39, 0.29) is 18.5 Å². The Morgan fingerprint density at radius 2 is 1.74 bits per heavy atom. The van der Waals surface area contributed by atoms with E-state index in [1.54, 1.807) is 6.20 Å². The molecule has 0 amide bonds. The van der Waals surface area contributed by atoms with E-state index in [9.17, 15) is 4.79 Å². The maximum Gasteiger partial charge on any atom is 0.313 e. The van der Waals surface area contributed by atoms with Crippen LogP contribution in [0.2, 0.25) is 0 Å². The Bertz CT molecular complexity index is 766. The van der Waals surface area contributed by atoms with Gasteiger partial charge in [-0.3, -0.25) is 4.79 Å². The van der Waals surface area contributed by atoms with Gasteiger partial charge < -0.3 is 9.15 Å². The predicted molar refractivity (Wildman–Crippen MR) is 86.6 cm³/mol. The van der Waals surface area contributed by atoms with Crippen molar-refractivity contribution in [1.29, 1.82) is 0 Å². The molecule has 3 aromatic rings. The quantitative estimate of drug-likeness (QED) is 0.663. The van der Waals surface area contributed by atoms with Gasteiger partial charge in [0.15, 0.2) is 12.4 Å². The van der Waals surface area contributed by atoms with Gasteiger partial charge >= 0.3 is 5.97 Å². The second-order valence-electron chi connectivity index (χ2n) is 5.22. The number of benzene rings is 2. The molecular weight excluding hydrogens is 290 g/mol. The lowest BCUT2D eigenvalue weighted by Gasteiger charge is -2.10. The lowest BCUT2D eigenvalue weighted by molar-refractivity contribution is -0.147. The van der Waals surface area contributed by atoms with Crippen LogP contribution in [0.3, 0.4) is 0 Å². The number of carbonyl (C=O) groups is 1. The largest absolute Gasteiger partial charge is 0.455 e. The van der Waals surface area contributed by atoms with Crippen LogP contribution in [0.25, 0.3) is 11.3 Å². The molecule has 4 nitrogen and oxygen atoms in total. The van der Waals surface area contributed by atoms with Crippen LogP contribution < -0.4 is 0 Å². The standard InChI is InChI=1S/C19H17NO3/c1-14(15-8-4-2-5-9-15)19(21)22-13-18-20-12-17(23-18)16-10-6-3-7-11-16/h2-12,14H,13H2,1H3/t14-/m0/s1. The number of aromatic nitrogens is 1. The predicted octanol–water partition coefficient (Wildman–Crippen LogP) is 4.19. The second kappa shape index (κ2) is 6.92. The van der Waals surface area contributed by atoms with E-state index >= 15 is 0 Å². The van der Waals surface area contributed by atoms with Gasteiger partial charge in [0.1, 0.15) is 0 Å². The van der Waals surface area contributed by atoms with E-state index in [4.69, 9.17) is 9.15 Å². The molecule has 0 spiro atoms. The lowest BCUT2D eigenvalue weighted by atomic mass is 10.0. The topological polar surface area (TPSA) is 52.3 Å². The van der Waals surface area contributed by atoms with Gasteiger partial charge in [0.2, 0.25) is 5.89 Å². The van der Waals surface area contributed by atoms with Gasteiger partial charge in [0.25, 0.3) is 0 Å². The molecule has 4 heteroatoms. The van der Waals surface area contributed by atoms with Crippen molar-refractivity contribution >= 4 is 5.97 Å². The molecule has 0 saturated heterocycles. The van der Waals surface area contributed by atoms with Gasteiger partial charge in [0.05, 0.1) is 12.1 Å². The summed E-state index contributed by atoms with van der Waals surface area (Å²) < 4.78 is 10.9. The Morgan fingerprint density at radius 3 is 2.43 bits per heavy atom. The third-order valence-electron chi connectivity index (χ3n) is 3.60. The number of ether oxygens (including phenoxy) is 1. The molecule has 23 heavy (non-hydrogen) atoms. The van der Waals surface area contributed by atoms with E-state index < -0.39 is 0 Å². The summed E-state index contributed by atoms with van der Waals surface area (Å²) in [6.45, 7) is 1.85. The van der Waals surface area contributed by atoms with Gasteiger partial charge in [-0.05, 0) is 12.5 Å². The zero-order valence-corrected chi connectivity index (χ0v) is 12.8. The van der Waals surface area contributed by atoms with Crippen molar-refractivity contribution in [2.75, 3.05) is 0 Å². The molecule has 0 aliphatic heterocycles. The number of esters is 1. The third-order valence-corrected chi connectivity index (χ3v) is 3.60. The van der Waals surface area contributed by atoms with Gasteiger partial charge in [-0.1, -0.05) is 60.7 Å². The summed E-state index contributed by atoms with van der Waals surface area (Å²) in [5.74, 6) is 0.431. The number of oxazole rings is 1. The summed E-state index contributed by atoms with van der Waals surface area (Å²) in [5, 5.41) is 0. The second-order valence-corrected chi connectivity index (χ2v) is 5.22. The first-order valence-corrected chi connectivity index (χ1v) is 7.46. The number of nitrogens with zero attached hydrogens (tertiary/aromatic N) is 1. The van der Waals surface area contributed by atoms with E-state index in [1.165, 1.54) is 0 Å². The highest BCUT2D eigenvalue weighted by Crippen LogP contribution is 2.21. The van der Waals surface area contributed by atoms with Crippen LogP contribution in [-0.4, -0.2) is 11.0 Å². The van der Waals surface area contributed by atoms with Crippen LogP contribution >= 0.6 is 0 Å². The van der Waals surface area contributed by atoms with Crippen molar-refractivity contribution in [1.82, 2.24) is 4.98 Å². The minimum atomic E-state index is -0.320. The smallest absolute Gasteiger partial charge is 0.313 e. The molecule has 1 atom stereocenters. The van der Waals surface area contributed by atoms with Gasteiger partial charge in [-0.2, -0.15) is 0 Å². The molecule has 116 valence electrons. The van der Waals surface area contributed by atoms with Crippen molar-refractivity contribution in [3.05, 3.63) is 78.3 Å². The van der Waals surface area contributed by atoms with Crippen LogP contribution in [0, 0.1) is 0 Å². The minimum Gasteiger partial charge on any atom is -0.455 e. The molecule has 0 unspecified atom stereocenters. The SMILES string of the molecule is C[C@H](C(=O)OCc1ncc(-c2ccccc2)o1)c1ccccc1. The number of rotatable bonds is 5. The van der Waals surface area contributed by atoms with Crippen molar-refractivity contribution in [3.8, 4) is 11.3 Å². The van der Waals surface area contributed by atoms with Crippen molar-refractivity contribution in [3.63, 3.8) is 0 Å². The van der Waals surface area contributed by atoms with Crippen molar-refractivity contribution < 1.29 is 13.9 Å². The Morgan fingerprint density at radius 1 is 1.09 bits per heavy atom. The fourth-order valence-corrected chi connectivity index (χ4v) is 2.25. The highest BCUT2D eigenvalue weighted by Gasteiger charge is 2.17. The molecular formula is C19H17NO3. The van der Waals surface area contributed by atoms with Crippen LogP contribution in [-0.2, 0) is 16.1 Å². The Hall–Kier alpha value is -2.88. The molecule has 0 bridgehead atoms. The van der Waals surface area contributed by atoms with Crippen LogP contribution in [0.1, 0.15) is 24.3 Å². The number of hydrogen-bond donors (Lipinski definition) is 0. The van der Waals surface area contributed by atoms with Gasteiger partial charge in [-0.25, -0.2) is 4.98 Å². The summed E-state index contributed by atoms with van der Waals surface area (Å²) >= 11 is 0. The van der Waals surface area contributed by atoms with Crippen LogP contribution in [0.15, 0.2) is 71.3 Å². The van der Waals surface area contributed by atoms with E-state index in [2.05, 4.69) is 4.98 Å². The zero-order valence-electron chi connectivity index (χ0n) is 12.8. The summed E-state index contributed by atoms with van der Waals surface area (Å²) in [5.41, 5.74) is 1.87. The molecule has 0 saturated carbocycles. The third kappa shape index (κ3) is 3.66. The lowest BCUT2D eigenvalue weighted by Crippen LogP contribution is -2.13. The maximum absolute atomic E-state index is 12.1. The molecule has 0 fully saturated rings. The first-order valence-electron chi connectivity index (χ1n) is 7.46. The summed E-state index contributed by atoms with van der Waals surface area (Å²) in [4.78, 5) is 16.3. The summed E-state index contributed by atoms with van der Waals surface area (Å²) in [7, 11) is 0. The Labute approximate surface area is 134 Å². The number of hydrogen-bond acceptors (Lipinski definition) is 4. The Balaban J connectivity index is 1.61. The average Bonchev–Trinajstić information content (AvgIpc) is 3.09. The zero-order chi connectivity index (χ0) is 16.1. The number of carbonyl (C=O) groups excluding carboxylic acids is 1. The molecule has 3 rings (SSSR count). The molecule has 0 aliphatic carbocycles. The molecule has 1 aromatic heterocycles. The van der Waals surface area contributed by atoms with Gasteiger partial charge in [-0.15, -0.1) is 0 Å². The first-order chi connectivity index (χ1) is 11.2. The van der Waals surface area contributed by atoms with Crippen molar-refractivity contribution in [2.45, 2.75) is 19.4 Å².